The molecule has 3 amide bonds. The van der Waals surface area contributed by atoms with Gasteiger partial charge in [-0.2, -0.15) is 13.1 Å². The number of thiazole rings is 1. The molecule has 0 aliphatic carbocycles. The number of benzene rings is 1. The van der Waals surface area contributed by atoms with Gasteiger partial charge in [0.05, 0.1) is 5.69 Å². The number of carbonyl (C=O) groups is 3. The maximum atomic E-state index is 12.7. The number of hydrogen-bond donors (Lipinski definition) is 4. The Morgan fingerprint density at radius 1 is 1.11 bits per heavy atom. The highest BCUT2D eigenvalue weighted by molar-refractivity contribution is 7.88. The van der Waals surface area contributed by atoms with Crippen LogP contribution in [0.1, 0.15) is 47.0 Å². The number of rotatable bonds is 11. The monoisotopic (exact) mass is 525 g/mol. The number of unbranched alkanes of at least 4 members (excludes halogenated alkanes) is 1. The number of carbonyl (C=O) groups excluding carboxylic acids is 3. The first kappa shape index (κ1) is 28.2. The van der Waals surface area contributed by atoms with Crippen molar-refractivity contribution in [3.05, 3.63) is 35.7 Å². The maximum Gasteiger partial charge on any atom is 0.422 e. The van der Waals surface area contributed by atoms with Crippen LogP contribution in [0.4, 0.5) is 9.93 Å². The number of nitrogens with zero attached hydrogens (tertiary/aromatic N) is 1. The lowest BCUT2D eigenvalue weighted by Gasteiger charge is -2.19. The zero-order valence-electron chi connectivity index (χ0n) is 20.1. The first-order valence-corrected chi connectivity index (χ1v) is 13.3. The molecule has 0 aliphatic rings. The molecule has 0 bridgehead atoms. The first-order chi connectivity index (χ1) is 16.3. The van der Waals surface area contributed by atoms with Crippen LogP contribution in [0.25, 0.3) is 11.3 Å². The molecule has 192 valence electrons. The Labute approximate surface area is 209 Å². The van der Waals surface area contributed by atoms with Gasteiger partial charge < -0.3 is 15.4 Å². The fourth-order valence-corrected chi connectivity index (χ4v) is 4.37. The lowest BCUT2D eigenvalue weighted by molar-refractivity contribution is -0.125. The fraction of sp³-hybridized carbons (Fsp3) is 0.455. The summed E-state index contributed by atoms with van der Waals surface area (Å²) in [7, 11) is -4.08. The van der Waals surface area contributed by atoms with Gasteiger partial charge in [0, 0.05) is 24.4 Å². The van der Waals surface area contributed by atoms with E-state index in [9.17, 15) is 22.8 Å². The van der Waals surface area contributed by atoms with Crippen molar-refractivity contribution in [3.8, 4) is 11.3 Å². The van der Waals surface area contributed by atoms with Crippen molar-refractivity contribution >= 4 is 44.6 Å². The quantitative estimate of drug-likeness (QED) is 0.329. The van der Waals surface area contributed by atoms with Crippen molar-refractivity contribution in [1.82, 2.24) is 19.7 Å². The Hall–Kier alpha value is -3.03. The molecule has 4 N–H and O–H groups in total. The van der Waals surface area contributed by atoms with Crippen molar-refractivity contribution in [2.75, 3.05) is 11.9 Å². The van der Waals surface area contributed by atoms with Crippen LogP contribution in [0.3, 0.4) is 0 Å². The molecule has 2 aromatic rings. The van der Waals surface area contributed by atoms with E-state index in [1.807, 2.05) is 35.7 Å². The van der Waals surface area contributed by atoms with Crippen LogP contribution in [0.2, 0.25) is 0 Å². The number of amides is 3. The van der Waals surface area contributed by atoms with Crippen molar-refractivity contribution in [3.63, 3.8) is 0 Å². The van der Waals surface area contributed by atoms with Gasteiger partial charge in [0.25, 0.3) is 0 Å². The van der Waals surface area contributed by atoms with E-state index in [1.165, 1.54) is 18.3 Å². The Balaban J connectivity index is 1.83. The summed E-state index contributed by atoms with van der Waals surface area (Å²) in [5.74, 6) is -0.780. The number of nitrogens with one attached hydrogen (secondary N) is 4. The molecule has 13 heteroatoms. The van der Waals surface area contributed by atoms with Gasteiger partial charge in [-0.1, -0.05) is 30.3 Å². The molecule has 0 unspecified atom stereocenters. The van der Waals surface area contributed by atoms with E-state index in [0.717, 1.165) is 11.3 Å². The average molecular weight is 526 g/mol. The number of anilines is 1. The van der Waals surface area contributed by atoms with Gasteiger partial charge in [0.1, 0.15) is 11.6 Å². The molecule has 0 radical (unpaired) electrons. The molecule has 0 saturated heterocycles. The highest BCUT2D eigenvalue weighted by atomic mass is 32.2. The highest BCUT2D eigenvalue weighted by Crippen LogP contribution is 2.24. The summed E-state index contributed by atoms with van der Waals surface area (Å²) in [5, 5.41) is 7.57. The molecule has 1 heterocycles. The van der Waals surface area contributed by atoms with Gasteiger partial charge in [0.15, 0.2) is 5.13 Å². The zero-order chi connectivity index (χ0) is 26.1. The van der Waals surface area contributed by atoms with E-state index in [2.05, 4.69) is 20.3 Å². The smallest absolute Gasteiger partial charge is 0.422 e. The largest absolute Gasteiger partial charge is 0.443 e. The second-order valence-corrected chi connectivity index (χ2v) is 11.0. The molecule has 1 aromatic carbocycles. The molecular weight excluding hydrogens is 494 g/mol. The number of aromatic nitrogens is 1. The number of hydrogen-bond acceptors (Lipinski definition) is 8. The minimum atomic E-state index is -4.08. The lowest BCUT2D eigenvalue weighted by Crippen LogP contribution is -2.43. The average Bonchev–Trinajstić information content (AvgIpc) is 3.19. The van der Waals surface area contributed by atoms with Gasteiger partial charge in [-0.15, -0.1) is 11.3 Å². The second-order valence-electron chi connectivity index (χ2n) is 8.64. The molecule has 35 heavy (non-hydrogen) atoms. The van der Waals surface area contributed by atoms with E-state index in [1.54, 1.807) is 25.5 Å². The summed E-state index contributed by atoms with van der Waals surface area (Å²) in [6.07, 6.45) is 0.00266. The van der Waals surface area contributed by atoms with Gasteiger partial charge in [-0.05, 0) is 40.0 Å². The van der Waals surface area contributed by atoms with Crippen LogP contribution in [-0.4, -0.2) is 49.5 Å². The van der Waals surface area contributed by atoms with Crippen LogP contribution in [0, 0.1) is 0 Å². The summed E-state index contributed by atoms with van der Waals surface area (Å²) >= 11 is 1.27. The van der Waals surface area contributed by atoms with Gasteiger partial charge in [0.2, 0.25) is 11.8 Å². The second kappa shape index (κ2) is 12.6. The molecule has 1 aromatic heterocycles. The third-order valence-electron chi connectivity index (χ3n) is 4.33. The summed E-state index contributed by atoms with van der Waals surface area (Å²) in [6.45, 7) is 6.19. The van der Waals surface area contributed by atoms with Gasteiger partial charge in [-0.25, -0.2) is 14.5 Å². The minimum Gasteiger partial charge on any atom is -0.443 e. The van der Waals surface area contributed by atoms with E-state index < -0.39 is 33.9 Å². The zero-order valence-corrected chi connectivity index (χ0v) is 21.7. The van der Waals surface area contributed by atoms with Crippen LogP contribution in [-0.2, 0) is 24.5 Å². The minimum absolute atomic E-state index is 0.0272. The van der Waals surface area contributed by atoms with Crippen molar-refractivity contribution in [2.45, 2.75) is 58.6 Å². The highest BCUT2D eigenvalue weighted by Gasteiger charge is 2.22. The number of ether oxygens (including phenoxy) is 1. The Kier molecular flexibility index (Phi) is 10.2. The van der Waals surface area contributed by atoms with Crippen LogP contribution >= 0.6 is 11.3 Å². The Morgan fingerprint density at radius 3 is 2.43 bits per heavy atom. The van der Waals surface area contributed by atoms with E-state index >= 15 is 0 Å². The molecule has 2 rings (SSSR count). The third kappa shape index (κ3) is 10.8. The standard InChI is InChI=1S/C22H31N5O6S2/c1-15(28)24-17(12-8-9-13-23-35(31,32)27-21(30)33-22(2,3)4)19(29)26-20-25-18(14-34-20)16-10-6-5-7-11-16/h5-7,10-11,14,17,23H,8-9,12-13H2,1-4H3,(H,24,28)(H,27,30)(H,25,26,29)/t17-/m0/s1. The fourth-order valence-electron chi connectivity index (χ4n) is 2.90. The Bertz CT molecular complexity index is 1110. The maximum absolute atomic E-state index is 12.7. The van der Waals surface area contributed by atoms with Crippen molar-refractivity contribution in [1.29, 1.82) is 0 Å². The predicted molar refractivity (Wildman–Crippen MR) is 134 cm³/mol. The predicted octanol–water partition coefficient (Wildman–Crippen LogP) is 2.78. The lowest BCUT2D eigenvalue weighted by atomic mass is 10.1. The van der Waals surface area contributed by atoms with Crippen molar-refractivity contribution < 1.29 is 27.5 Å². The van der Waals surface area contributed by atoms with E-state index in [0.29, 0.717) is 18.0 Å². The SMILES string of the molecule is CC(=O)N[C@@H](CCCCNS(=O)(=O)NC(=O)OC(C)(C)C)C(=O)Nc1nc(-c2ccccc2)cs1. The van der Waals surface area contributed by atoms with Crippen molar-refractivity contribution in [2.24, 2.45) is 0 Å². The van der Waals surface area contributed by atoms with Gasteiger partial charge >= 0.3 is 16.3 Å². The third-order valence-corrected chi connectivity index (χ3v) is 6.10. The van der Waals surface area contributed by atoms with E-state index in [-0.39, 0.29) is 18.9 Å². The molecular formula is C22H31N5O6S2. The van der Waals surface area contributed by atoms with Crippen LogP contribution in [0.15, 0.2) is 35.7 Å². The van der Waals surface area contributed by atoms with E-state index in [4.69, 9.17) is 4.74 Å². The van der Waals surface area contributed by atoms with Gasteiger partial charge in [-0.3, -0.25) is 9.59 Å². The summed E-state index contributed by atoms with van der Waals surface area (Å²) in [4.78, 5) is 40.3. The molecule has 0 aliphatic heterocycles. The first-order valence-electron chi connectivity index (χ1n) is 10.9. The summed E-state index contributed by atoms with van der Waals surface area (Å²) < 4.78 is 32.8. The van der Waals surface area contributed by atoms with Crippen LogP contribution < -0.4 is 20.1 Å². The molecule has 0 spiro atoms. The topological polar surface area (TPSA) is 156 Å². The molecule has 11 nitrogen and oxygen atoms in total. The normalized spacial score (nSPS) is 12.5. The molecule has 1 atom stereocenters. The van der Waals surface area contributed by atoms with Crippen LogP contribution in [0.5, 0.6) is 0 Å². The molecule has 0 fully saturated rings. The Morgan fingerprint density at radius 2 is 1.80 bits per heavy atom. The molecule has 0 saturated carbocycles. The summed E-state index contributed by atoms with van der Waals surface area (Å²) in [5.41, 5.74) is 0.821. The summed E-state index contributed by atoms with van der Waals surface area (Å²) in [6, 6.07) is 8.71.